The van der Waals surface area contributed by atoms with Gasteiger partial charge in [0, 0.05) is 19.5 Å². The lowest BCUT2D eigenvalue weighted by molar-refractivity contribution is -0.121. The first-order valence-electron chi connectivity index (χ1n) is 6.23. The number of nitrogens with one attached hydrogen (secondary N) is 1. The molecule has 0 radical (unpaired) electrons. The molecule has 0 aromatic rings. The maximum absolute atomic E-state index is 11.5. The van der Waals surface area contributed by atoms with Crippen molar-refractivity contribution in [2.24, 2.45) is 0 Å². The van der Waals surface area contributed by atoms with Gasteiger partial charge in [-0.3, -0.25) is 4.79 Å². The SMILES string of the molecule is CCN(CC)CCC(=O)NCCCN(C)C. The van der Waals surface area contributed by atoms with Crippen LogP contribution in [0.5, 0.6) is 0 Å². The second-order valence-corrected chi connectivity index (χ2v) is 4.28. The van der Waals surface area contributed by atoms with E-state index in [4.69, 9.17) is 0 Å². The normalized spacial score (nSPS) is 11.1. The van der Waals surface area contributed by atoms with Crippen LogP contribution < -0.4 is 5.32 Å². The van der Waals surface area contributed by atoms with Crippen LogP contribution in [0, 0.1) is 0 Å². The van der Waals surface area contributed by atoms with Gasteiger partial charge in [-0.25, -0.2) is 0 Å². The molecule has 4 nitrogen and oxygen atoms in total. The highest BCUT2D eigenvalue weighted by atomic mass is 16.1. The van der Waals surface area contributed by atoms with E-state index in [1.807, 2.05) is 14.1 Å². The molecule has 0 saturated carbocycles. The van der Waals surface area contributed by atoms with Crippen LogP contribution in [0.25, 0.3) is 0 Å². The van der Waals surface area contributed by atoms with E-state index in [0.29, 0.717) is 6.42 Å². The van der Waals surface area contributed by atoms with Gasteiger partial charge in [-0.05, 0) is 40.2 Å². The van der Waals surface area contributed by atoms with Crippen molar-refractivity contribution in [3.63, 3.8) is 0 Å². The molecule has 0 aliphatic heterocycles. The van der Waals surface area contributed by atoms with Crippen LogP contribution in [0.3, 0.4) is 0 Å². The Labute approximate surface area is 100.0 Å². The minimum atomic E-state index is 0.172. The van der Waals surface area contributed by atoms with Crippen LogP contribution in [0.1, 0.15) is 26.7 Å². The van der Waals surface area contributed by atoms with Crippen molar-refractivity contribution in [2.45, 2.75) is 26.7 Å². The maximum atomic E-state index is 11.5. The average Bonchev–Trinajstić information content (AvgIpc) is 2.25. The highest BCUT2D eigenvalue weighted by Gasteiger charge is 2.04. The van der Waals surface area contributed by atoms with Crippen molar-refractivity contribution in [3.05, 3.63) is 0 Å². The Hall–Kier alpha value is -0.610. The van der Waals surface area contributed by atoms with Crippen molar-refractivity contribution in [2.75, 3.05) is 46.8 Å². The molecule has 0 aliphatic carbocycles. The lowest BCUT2D eigenvalue weighted by Crippen LogP contribution is -2.32. The molecule has 0 aromatic heterocycles. The van der Waals surface area contributed by atoms with Crippen molar-refractivity contribution in [1.29, 1.82) is 0 Å². The molecule has 0 heterocycles. The third kappa shape index (κ3) is 8.68. The Morgan fingerprint density at radius 1 is 1.12 bits per heavy atom. The van der Waals surface area contributed by atoms with E-state index in [0.717, 1.165) is 39.1 Å². The minimum Gasteiger partial charge on any atom is -0.356 e. The van der Waals surface area contributed by atoms with Crippen molar-refractivity contribution < 1.29 is 4.79 Å². The van der Waals surface area contributed by atoms with E-state index >= 15 is 0 Å². The summed E-state index contributed by atoms with van der Waals surface area (Å²) in [5.41, 5.74) is 0. The van der Waals surface area contributed by atoms with Crippen LogP contribution in [0.15, 0.2) is 0 Å². The first-order chi connectivity index (χ1) is 7.60. The highest BCUT2D eigenvalue weighted by Crippen LogP contribution is 1.91. The fraction of sp³-hybridized carbons (Fsp3) is 0.917. The largest absolute Gasteiger partial charge is 0.356 e. The molecule has 16 heavy (non-hydrogen) atoms. The molecule has 0 saturated heterocycles. The van der Waals surface area contributed by atoms with Gasteiger partial charge in [0.15, 0.2) is 0 Å². The van der Waals surface area contributed by atoms with Crippen LogP contribution >= 0.6 is 0 Å². The molecule has 0 spiro atoms. The van der Waals surface area contributed by atoms with E-state index in [-0.39, 0.29) is 5.91 Å². The molecular formula is C12H27N3O. The van der Waals surface area contributed by atoms with E-state index in [1.54, 1.807) is 0 Å². The average molecular weight is 229 g/mol. The van der Waals surface area contributed by atoms with E-state index in [2.05, 4.69) is 29.0 Å². The highest BCUT2D eigenvalue weighted by molar-refractivity contribution is 5.75. The second kappa shape index (κ2) is 9.60. The molecule has 0 atom stereocenters. The summed E-state index contributed by atoms with van der Waals surface area (Å²) >= 11 is 0. The second-order valence-electron chi connectivity index (χ2n) is 4.28. The fourth-order valence-electron chi connectivity index (χ4n) is 1.51. The summed E-state index contributed by atoms with van der Waals surface area (Å²) in [6.07, 6.45) is 1.63. The molecule has 0 fully saturated rings. The van der Waals surface area contributed by atoms with Gasteiger partial charge in [0.25, 0.3) is 0 Å². The number of hydrogen-bond donors (Lipinski definition) is 1. The zero-order chi connectivity index (χ0) is 12.4. The number of nitrogens with zero attached hydrogens (tertiary/aromatic N) is 2. The molecule has 4 heteroatoms. The first kappa shape index (κ1) is 15.4. The maximum Gasteiger partial charge on any atom is 0.221 e. The summed E-state index contributed by atoms with van der Waals surface area (Å²) in [6, 6.07) is 0. The van der Waals surface area contributed by atoms with Gasteiger partial charge < -0.3 is 15.1 Å². The van der Waals surface area contributed by atoms with E-state index in [1.165, 1.54) is 0 Å². The molecule has 0 aromatic carbocycles. The Morgan fingerprint density at radius 3 is 2.25 bits per heavy atom. The number of hydrogen-bond acceptors (Lipinski definition) is 3. The zero-order valence-electron chi connectivity index (χ0n) is 11.3. The predicted octanol–water partition coefficient (Wildman–Crippen LogP) is 0.786. The number of carbonyl (C=O) groups is 1. The Kier molecular flexibility index (Phi) is 9.24. The molecule has 0 unspecified atom stereocenters. The van der Waals surface area contributed by atoms with Gasteiger partial charge in [-0.15, -0.1) is 0 Å². The summed E-state index contributed by atoms with van der Waals surface area (Å²) < 4.78 is 0. The summed E-state index contributed by atoms with van der Waals surface area (Å²) in [5.74, 6) is 0.172. The van der Waals surface area contributed by atoms with Crippen LogP contribution in [0.2, 0.25) is 0 Å². The van der Waals surface area contributed by atoms with E-state index in [9.17, 15) is 4.79 Å². The number of carbonyl (C=O) groups excluding carboxylic acids is 1. The van der Waals surface area contributed by atoms with E-state index < -0.39 is 0 Å². The fourth-order valence-corrected chi connectivity index (χ4v) is 1.51. The first-order valence-corrected chi connectivity index (χ1v) is 6.23. The number of amides is 1. The predicted molar refractivity (Wildman–Crippen MR) is 68.6 cm³/mol. The molecule has 0 bridgehead atoms. The topological polar surface area (TPSA) is 35.6 Å². The Balaban J connectivity index is 3.44. The van der Waals surface area contributed by atoms with Gasteiger partial charge in [0.2, 0.25) is 5.91 Å². The standard InChI is InChI=1S/C12H27N3O/c1-5-15(6-2)11-8-12(16)13-9-7-10-14(3)4/h5-11H2,1-4H3,(H,13,16). The monoisotopic (exact) mass is 229 g/mol. The third-order valence-corrected chi connectivity index (χ3v) is 2.65. The van der Waals surface area contributed by atoms with Gasteiger partial charge in [-0.2, -0.15) is 0 Å². The van der Waals surface area contributed by atoms with Crippen LogP contribution in [0.4, 0.5) is 0 Å². The van der Waals surface area contributed by atoms with Crippen LogP contribution in [-0.2, 0) is 4.79 Å². The third-order valence-electron chi connectivity index (χ3n) is 2.65. The molecule has 1 N–H and O–H groups in total. The van der Waals surface area contributed by atoms with Crippen molar-refractivity contribution in [1.82, 2.24) is 15.1 Å². The summed E-state index contributed by atoms with van der Waals surface area (Å²) in [5, 5.41) is 2.95. The van der Waals surface area contributed by atoms with Gasteiger partial charge in [-0.1, -0.05) is 13.8 Å². The molecule has 1 amide bonds. The van der Waals surface area contributed by atoms with Gasteiger partial charge in [0.05, 0.1) is 0 Å². The molecular weight excluding hydrogens is 202 g/mol. The molecule has 0 aliphatic rings. The van der Waals surface area contributed by atoms with Gasteiger partial charge in [0.1, 0.15) is 0 Å². The minimum absolute atomic E-state index is 0.172. The number of rotatable bonds is 9. The summed E-state index contributed by atoms with van der Waals surface area (Å²) in [6.45, 7) is 8.96. The van der Waals surface area contributed by atoms with Gasteiger partial charge >= 0.3 is 0 Å². The molecule has 96 valence electrons. The summed E-state index contributed by atoms with van der Waals surface area (Å²) in [7, 11) is 4.09. The smallest absolute Gasteiger partial charge is 0.221 e. The molecule has 0 rings (SSSR count). The lowest BCUT2D eigenvalue weighted by atomic mass is 10.3. The lowest BCUT2D eigenvalue weighted by Gasteiger charge is -2.17. The van der Waals surface area contributed by atoms with Crippen molar-refractivity contribution in [3.8, 4) is 0 Å². The van der Waals surface area contributed by atoms with Crippen molar-refractivity contribution >= 4 is 5.91 Å². The summed E-state index contributed by atoms with van der Waals surface area (Å²) in [4.78, 5) is 15.9. The Morgan fingerprint density at radius 2 is 1.75 bits per heavy atom. The quantitative estimate of drug-likeness (QED) is 0.594. The zero-order valence-corrected chi connectivity index (χ0v) is 11.3. The Bertz CT molecular complexity index is 179. The van der Waals surface area contributed by atoms with Crippen LogP contribution in [-0.4, -0.2) is 62.5 Å².